The third kappa shape index (κ3) is 2.52. The summed E-state index contributed by atoms with van der Waals surface area (Å²) in [6, 6.07) is 0. The van der Waals surface area contributed by atoms with Gasteiger partial charge in [0.05, 0.1) is 18.9 Å². The molecular formula is C15H28N2O6. The van der Waals surface area contributed by atoms with Crippen molar-refractivity contribution in [2.24, 2.45) is 10.8 Å². The average Bonchev–Trinajstić information content (AvgIpc) is 2.48. The summed E-state index contributed by atoms with van der Waals surface area (Å²) in [5, 5.41) is 59.6. The highest BCUT2D eigenvalue weighted by atomic mass is 16.4. The van der Waals surface area contributed by atoms with Gasteiger partial charge in [0, 0.05) is 37.0 Å². The summed E-state index contributed by atoms with van der Waals surface area (Å²) < 4.78 is 0. The van der Waals surface area contributed by atoms with E-state index in [9.17, 15) is 25.5 Å². The first-order chi connectivity index (χ1) is 10.6. The minimum absolute atomic E-state index is 0.282. The third-order valence-corrected chi connectivity index (χ3v) is 5.91. The number of nitrogens with zero attached hydrogens (tertiary/aromatic N) is 2. The van der Waals surface area contributed by atoms with E-state index in [0.29, 0.717) is 26.2 Å². The van der Waals surface area contributed by atoms with Gasteiger partial charge in [-0.15, -0.1) is 0 Å². The smallest absolute Gasteiger partial charge is 0.111 e. The van der Waals surface area contributed by atoms with Crippen LogP contribution in [0.25, 0.3) is 0 Å². The summed E-state index contributed by atoms with van der Waals surface area (Å²) in [5.74, 6) is 0. The number of hydrogen-bond donors (Lipinski definition) is 6. The molecule has 6 N–H and O–H groups in total. The van der Waals surface area contributed by atoms with Crippen molar-refractivity contribution in [3.8, 4) is 0 Å². The van der Waals surface area contributed by atoms with Gasteiger partial charge < -0.3 is 30.6 Å². The van der Waals surface area contributed by atoms with Gasteiger partial charge in [-0.05, 0) is 0 Å². The zero-order valence-electron chi connectivity index (χ0n) is 13.6. The highest BCUT2D eigenvalue weighted by molar-refractivity contribution is 5.14. The molecule has 0 aromatic carbocycles. The molecule has 0 amide bonds. The van der Waals surface area contributed by atoms with Crippen LogP contribution < -0.4 is 0 Å². The third-order valence-electron chi connectivity index (χ3n) is 5.91. The Morgan fingerprint density at radius 1 is 0.913 bits per heavy atom. The van der Waals surface area contributed by atoms with Crippen LogP contribution in [0.5, 0.6) is 0 Å². The Morgan fingerprint density at radius 3 is 1.74 bits per heavy atom. The molecule has 4 heterocycles. The van der Waals surface area contributed by atoms with Crippen LogP contribution in [-0.2, 0) is 0 Å². The summed E-state index contributed by atoms with van der Waals surface area (Å²) in [4.78, 5) is 4.07. The van der Waals surface area contributed by atoms with Gasteiger partial charge in [-0.2, -0.15) is 0 Å². The number of aliphatic hydroxyl groups is 6. The largest absolute Gasteiger partial charge is 0.394 e. The molecule has 4 rings (SSSR count). The molecule has 8 heteroatoms. The highest BCUT2D eigenvalue weighted by Gasteiger charge is 2.63. The van der Waals surface area contributed by atoms with Crippen molar-refractivity contribution in [2.75, 3.05) is 32.8 Å². The Labute approximate surface area is 135 Å². The molecule has 0 aromatic rings. The Morgan fingerprint density at radius 2 is 1.35 bits per heavy atom. The van der Waals surface area contributed by atoms with E-state index in [1.54, 1.807) is 0 Å². The lowest BCUT2D eigenvalue weighted by atomic mass is 9.60. The average molecular weight is 332 g/mol. The van der Waals surface area contributed by atoms with Gasteiger partial charge in [0.15, 0.2) is 0 Å². The molecule has 4 aliphatic heterocycles. The summed E-state index contributed by atoms with van der Waals surface area (Å²) in [5.41, 5.74) is -0.564. The standard InChI is InChI=1S/C15H28N2O6/c1-14-4-16-6-15(2,13(14)23)7-17(5-14)12(16)11(22)10(21)9(20)8(19)3-18/h8-13,18-23H,3-7H2,1-2H3/t8-,9-,10+,11-,12?,13?,14?,15?/m0/s1. The van der Waals surface area contributed by atoms with Crippen LogP contribution in [0.3, 0.4) is 0 Å². The molecule has 4 atom stereocenters. The van der Waals surface area contributed by atoms with Gasteiger partial charge >= 0.3 is 0 Å². The monoisotopic (exact) mass is 332 g/mol. The lowest BCUT2D eigenvalue weighted by Crippen LogP contribution is -2.81. The Kier molecular flexibility index (Phi) is 4.26. The Bertz CT molecular complexity index is 425. The molecule has 23 heavy (non-hydrogen) atoms. The molecule has 0 spiro atoms. The van der Waals surface area contributed by atoms with E-state index < -0.39 is 43.3 Å². The molecule has 0 radical (unpaired) electrons. The van der Waals surface area contributed by atoms with E-state index in [1.807, 2.05) is 23.6 Å². The maximum Gasteiger partial charge on any atom is 0.111 e. The number of hydrogen-bond acceptors (Lipinski definition) is 8. The summed E-state index contributed by atoms with van der Waals surface area (Å²) >= 11 is 0. The molecule has 4 aliphatic rings. The van der Waals surface area contributed by atoms with Crippen molar-refractivity contribution in [1.29, 1.82) is 0 Å². The van der Waals surface area contributed by atoms with Crippen LogP contribution in [0, 0.1) is 10.8 Å². The van der Waals surface area contributed by atoms with Gasteiger partial charge in [-0.1, -0.05) is 13.8 Å². The topological polar surface area (TPSA) is 128 Å². The Balaban J connectivity index is 1.78. The van der Waals surface area contributed by atoms with E-state index in [2.05, 4.69) is 0 Å². The van der Waals surface area contributed by atoms with Gasteiger partial charge in [-0.3, -0.25) is 9.80 Å². The lowest BCUT2D eigenvalue weighted by Gasteiger charge is -2.68. The molecule has 134 valence electrons. The second-order valence-corrected chi connectivity index (χ2v) is 8.16. The van der Waals surface area contributed by atoms with Crippen molar-refractivity contribution in [3.05, 3.63) is 0 Å². The second kappa shape index (κ2) is 5.60. The van der Waals surface area contributed by atoms with Crippen molar-refractivity contribution in [1.82, 2.24) is 9.80 Å². The summed E-state index contributed by atoms with van der Waals surface area (Å²) in [7, 11) is 0. The number of piperidine rings is 2. The van der Waals surface area contributed by atoms with Crippen molar-refractivity contribution < 1.29 is 30.6 Å². The molecule has 0 saturated carbocycles. The van der Waals surface area contributed by atoms with Crippen LogP contribution in [-0.4, -0.2) is 110 Å². The van der Waals surface area contributed by atoms with Crippen LogP contribution in [0.4, 0.5) is 0 Å². The van der Waals surface area contributed by atoms with Crippen LogP contribution in [0.2, 0.25) is 0 Å². The fraction of sp³-hybridized carbons (Fsp3) is 1.00. The van der Waals surface area contributed by atoms with E-state index in [0.717, 1.165) is 0 Å². The number of rotatable bonds is 5. The van der Waals surface area contributed by atoms with Crippen LogP contribution in [0.15, 0.2) is 0 Å². The predicted molar refractivity (Wildman–Crippen MR) is 80.3 cm³/mol. The minimum atomic E-state index is -1.62. The maximum atomic E-state index is 10.6. The zero-order chi connectivity index (χ0) is 17.2. The number of aliphatic hydroxyl groups excluding tert-OH is 6. The van der Waals surface area contributed by atoms with Crippen LogP contribution in [0.1, 0.15) is 13.8 Å². The minimum Gasteiger partial charge on any atom is -0.394 e. The lowest BCUT2D eigenvalue weighted by molar-refractivity contribution is -0.277. The maximum absolute atomic E-state index is 10.6. The summed E-state index contributed by atoms with van der Waals surface area (Å²) in [6.07, 6.45) is -6.85. The van der Waals surface area contributed by atoms with Crippen molar-refractivity contribution in [3.63, 3.8) is 0 Å². The molecule has 4 bridgehead atoms. The van der Waals surface area contributed by atoms with Gasteiger partial charge in [-0.25, -0.2) is 0 Å². The first-order valence-electron chi connectivity index (χ1n) is 8.12. The van der Waals surface area contributed by atoms with Crippen molar-refractivity contribution >= 4 is 0 Å². The quantitative estimate of drug-likeness (QED) is 0.310. The normalized spacial score (nSPS) is 50.6. The SMILES string of the molecule is CC12CN3CC(C)(CN(C1)C3[C@@H](O)[C@H](O)[C@@H](O)[C@@H](O)CO)C2O. The summed E-state index contributed by atoms with van der Waals surface area (Å²) in [6.45, 7) is 5.78. The molecule has 4 saturated heterocycles. The molecule has 0 aromatic heterocycles. The van der Waals surface area contributed by atoms with Crippen LogP contribution >= 0.6 is 0 Å². The molecule has 0 aliphatic carbocycles. The van der Waals surface area contributed by atoms with E-state index in [-0.39, 0.29) is 10.8 Å². The van der Waals surface area contributed by atoms with Crippen molar-refractivity contribution in [2.45, 2.75) is 50.5 Å². The molecule has 8 nitrogen and oxygen atoms in total. The van der Waals surface area contributed by atoms with E-state index >= 15 is 0 Å². The van der Waals surface area contributed by atoms with Gasteiger partial charge in [0.2, 0.25) is 0 Å². The van der Waals surface area contributed by atoms with Gasteiger partial charge in [0.25, 0.3) is 0 Å². The fourth-order valence-corrected chi connectivity index (χ4v) is 5.01. The first-order valence-corrected chi connectivity index (χ1v) is 8.12. The zero-order valence-corrected chi connectivity index (χ0v) is 13.6. The fourth-order valence-electron chi connectivity index (χ4n) is 5.01. The molecular weight excluding hydrogens is 304 g/mol. The first kappa shape index (κ1) is 17.5. The predicted octanol–water partition coefficient (Wildman–Crippen LogP) is -3.23. The van der Waals surface area contributed by atoms with Gasteiger partial charge in [0.1, 0.15) is 24.4 Å². The van der Waals surface area contributed by atoms with E-state index in [4.69, 9.17) is 5.11 Å². The van der Waals surface area contributed by atoms with E-state index in [1.165, 1.54) is 0 Å². The molecule has 0 unspecified atom stereocenters. The highest BCUT2D eigenvalue weighted by Crippen LogP contribution is 2.51. The Hall–Kier alpha value is -0.320. The molecule has 4 fully saturated rings. The second-order valence-electron chi connectivity index (χ2n) is 8.16.